The Balaban J connectivity index is 1.52. The monoisotopic (exact) mass is 408 g/mol. The molecule has 0 amide bonds. The average molecular weight is 408 g/mol. The van der Waals surface area contributed by atoms with Crippen molar-refractivity contribution in [3.63, 3.8) is 0 Å². The molecule has 0 aliphatic heterocycles. The quantitative estimate of drug-likeness (QED) is 0.378. The van der Waals surface area contributed by atoms with E-state index in [1.54, 1.807) is 6.07 Å². The van der Waals surface area contributed by atoms with Gasteiger partial charge in [-0.15, -0.1) is 0 Å². The predicted molar refractivity (Wildman–Crippen MR) is 121 cm³/mol. The van der Waals surface area contributed by atoms with Gasteiger partial charge in [0.05, 0.1) is 5.56 Å². The second kappa shape index (κ2) is 8.76. The fourth-order valence-corrected chi connectivity index (χ4v) is 3.63. The Bertz CT molecular complexity index is 1270. The SMILES string of the molecule is O=C(O)c1ccc(C(=O)CCC(=O)c2ccc3cccc(-c4ccccc4)c3c2)cc1. The summed E-state index contributed by atoms with van der Waals surface area (Å²) < 4.78 is 0. The van der Waals surface area contributed by atoms with Gasteiger partial charge in [0, 0.05) is 24.0 Å². The number of hydrogen-bond donors (Lipinski definition) is 1. The van der Waals surface area contributed by atoms with E-state index in [4.69, 9.17) is 5.11 Å². The van der Waals surface area contributed by atoms with Gasteiger partial charge in [0.2, 0.25) is 0 Å². The van der Waals surface area contributed by atoms with E-state index >= 15 is 0 Å². The number of aromatic carboxylic acids is 1. The summed E-state index contributed by atoms with van der Waals surface area (Å²) in [7, 11) is 0. The zero-order valence-corrected chi connectivity index (χ0v) is 16.7. The highest BCUT2D eigenvalue weighted by Crippen LogP contribution is 2.29. The molecule has 0 unspecified atom stereocenters. The third kappa shape index (κ3) is 4.43. The molecule has 31 heavy (non-hydrogen) atoms. The number of carboxylic acid groups (broad SMARTS) is 1. The normalized spacial score (nSPS) is 10.7. The zero-order valence-electron chi connectivity index (χ0n) is 16.7. The molecule has 4 nitrogen and oxygen atoms in total. The summed E-state index contributed by atoms with van der Waals surface area (Å²) in [6.45, 7) is 0. The van der Waals surface area contributed by atoms with E-state index in [2.05, 4.69) is 0 Å². The molecule has 4 rings (SSSR count). The van der Waals surface area contributed by atoms with Crippen LogP contribution in [0, 0.1) is 0 Å². The summed E-state index contributed by atoms with van der Waals surface area (Å²) in [6.07, 6.45) is 0.169. The number of rotatable bonds is 7. The summed E-state index contributed by atoms with van der Waals surface area (Å²) >= 11 is 0. The van der Waals surface area contributed by atoms with Gasteiger partial charge in [0.25, 0.3) is 0 Å². The predicted octanol–water partition coefficient (Wildman–Crippen LogP) is 6.05. The maximum atomic E-state index is 12.8. The van der Waals surface area contributed by atoms with E-state index in [0.717, 1.165) is 21.9 Å². The van der Waals surface area contributed by atoms with Crippen LogP contribution in [0.2, 0.25) is 0 Å². The number of ketones is 2. The van der Waals surface area contributed by atoms with Crippen molar-refractivity contribution in [2.45, 2.75) is 12.8 Å². The Hall–Kier alpha value is -4.05. The van der Waals surface area contributed by atoms with Gasteiger partial charge in [-0.1, -0.05) is 72.8 Å². The first kappa shape index (κ1) is 20.2. The minimum atomic E-state index is -1.04. The molecule has 4 aromatic carbocycles. The summed E-state index contributed by atoms with van der Waals surface area (Å²) in [4.78, 5) is 36.1. The Labute approximate surface area is 179 Å². The molecule has 0 aliphatic carbocycles. The van der Waals surface area contributed by atoms with Crippen molar-refractivity contribution in [1.29, 1.82) is 0 Å². The lowest BCUT2D eigenvalue weighted by atomic mass is 9.94. The van der Waals surface area contributed by atoms with Crippen molar-refractivity contribution >= 4 is 28.3 Å². The molecule has 0 radical (unpaired) electrons. The number of benzene rings is 4. The lowest BCUT2D eigenvalue weighted by molar-refractivity contribution is 0.0696. The van der Waals surface area contributed by atoms with Crippen LogP contribution in [0.15, 0.2) is 91.0 Å². The standard InChI is InChI=1S/C27H20O4/c28-25(20-10-12-21(13-11-20)27(30)31)15-16-26(29)22-14-9-19-7-4-8-23(24(19)17-22)18-5-2-1-3-6-18/h1-14,17H,15-16H2,(H,30,31). The molecule has 1 N–H and O–H groups in total. The topological polar surface area (TPSA) is 71.4 Å². The largest absolute Gasteiger partial charge is 0.478 e. The second-order valence-corrected chi connectivity index (χ2v) is 7.34. The number of fused-ring (bicyclic) bond motifs is 1. The highest BCUT2D eigenvalue weighted by molar-refractivity contribution is 6.06. The molecule has 0 heterocycles. The summed E-state index contributed by atoms with van der Waals surface area (Å²) in [5.74, 6) is -1.32. The van der Waals surface area contributed by atoms with Crippen molar-refractivity contribution in [3.8, 4) is 11.1 Å². The number of hydrogen-bond acceptors (Lipinski definition) is 3. The van der Waals surface area contributed by atoms with Crippen molar-refractivity contribution in [2.75, 3.05) is 0 Å². The third-order valence-electron chi connectivity index (χ3n) is 5.32. The fourth-order valence-electron chi connectivity index (χ4n) is 3.63. The Kier molecular flexibility index (Phi) is 5.72. The van der Waals surface area contributed by atoms with Crippen molar-refractivity contribution in [1.82, 2.24) is 0 Å². The second-order valence-electron chi connectivity index (χ2n) is 7.34. The molecule has 4 aromatic rings. The molecule has 0 fully saturated rings. The number of carbonyl (C=O) groups is 3. The molecule has 0 atom stereocenters. The smallest absolute Gasteiger partial charge is 0.335 e. The van der Waals surface area contributed by atoms with Crippen molar-refractivity contribution in [2.24, 2.45) is 0 Å². The van der Waals surface area contributed by atoms with Gasteiger partial charge in [-0.25, -0.2) is 4.79 Å². The summed E-state index contributed by atoms with van der Waals surface area (Å²) in [5, 5.41) is 11.0. The van der Waals surface area contributed by atoms with Crippen molar-refractivity contribution < 1.29 is 19.5 Å². The van der Waals surface area contributed by atoms with Crippen LogP contribution in [-0.4, -0.2) is 22.6 Å². The summed E-state index contributed by atoms with van der Waals surface area (Å²) in [5.41, 5.74) is 3.24. The first-order valence-corrected chi connectivity index (χ1v) is 10.0. The van der Waals surface area contributed by atoms with Gasteiger partial charge in [-0.2, -0.15) is 0 Å². The maximum Gasteiger partial charge on any atom is 0.335 e. The van der Waals surface area contributed by atoms with Gasteiger partial charge in [-0.3, -0.25) is 9.59 Å². The molecule has 0 bridgehead atoms. The van der Waals surface area contributed by atoms with Gasteiger partial charge in [0.15, 0.2) is 11.6 Å². The molecule has 0 spiro atoms. The minimum Gasteiger partial charge on any atom is -0.478 e. The van der Waals surface area contributed by atoms with E-state index in [1.165, 1.54) is 24.3 Å². The molecule has 0 saturated heterocycles. The third-order valence-corrected chi connectivity index (χ3v) is 5.32. The molecular weight excluding hydrogens is 388 g/mol. The summed E-state index contributed by atoms with van der Waals surface area (Å²) in [6, 6.07) is 27.4. The van der Waals surface area contributed by atoms with E-state index in [0.29, 0.717) is 11.1 Å². The Morgan fingerprint density at radius 3 is 1.90 bits per heavy atom. The highest BCUT2D eigenvalue weighted by atomic mass is 16.4. The maximum absolute atomic E-state index is 12.8. The van der Waals surface area contributed by atoms with Gasteiger partial charge >= 0.3 is 5.97 Å². The Morgan fingerprint density at radius 2 is 1.23 bits per heavy atom. The lowest BCUT2D eigenvalue weighted by Crippen LogP contribution is -2.06. The fraction of sp³-hybridized carbons (Fsp3) is 0.0741. The molecule has 0 saturated carbocycles. The van der Waals surface area contributed by atoms with Crippen molar-refractivity contribution in [3.05, 3.63) is 108 Å². The van der Waals surface area contributed by atoms with Crippen LogP contribution < -0.4 is 0 Å². The van der Waals surface area contributed by atoms with Crippen LogP contribution in [0.5, 0.6) is 0 Å². The van der Waals surface area contributed by atoms with E-state index in [-0.39, 0.29) is 30.0 Å². The molecule has 0 aromatic heterocycles. The Morgan fingerprint density at radius 1 is 0.613 bits per heavy atom. The molecule has 152 valence electrons. The van der Waals surface area contributed by atoms with Crippen LogP contribution in [0.4, 0.5) is 0 Å². The van der Waals surface area contributed by atoms with Gasteiger partial charge in [0.1, 0.15) is 0 Å². The minimum absolute atomic E-state index is 0.0730. The van der Waals surface area contributed by atoms with Gasteiger partial charge < -0.3 is 5.11 Å². The first-order chi connectivity index (χ1) is 15.0. The number of carboxylic acids is 1. The van der Waals surface area contributed by atoms with Crippen LogP contribution in [-0.2, 0) is 0 Å². The van der Waals surface area contributed by atoms with Crippen LogP contribution >= 0.6 is 0 Å². The molecule has 0 aliphatic rings. The van der Waals surface area contributed by atoms with E-state index in [9.17, 15) is 14.4 Å². The van der Waals surface area contributed by atoms with Crippen LogP contribution in [0.3, 0.4) is 0 Å². The molecule has 4 heteroatoms. The van der Waals surface area contributed by atoms with E-state index < -0.39 is 5.97 Å². The number of carbonyl (C=O) groups excluding carboxylic acids is 2. The highest BCUT2D eigenvalue weighted by Gasteiger charge is 2.13. The van der Waals surface area contributed by atoms with Crippen LogP contribution in [0.1, 0.15) is 43.9 Å². The molecular formula is C27H20O4. The lowest BCUT2D eigenvalue weighted by Gasteiger charge is -2.09. The average Bonchev–Trinajstić information content (AvgIpc) is 2.82. The van der Waals surface area contributed by atoms with E-state index in [1.807, 2.05) is 60.7 Å². The van der Waals surface area contributed by atoms with Crippen LogP contribution in [0.25, 0.3) is 21.9 Å². The number of Topliss-reactive ketones (excluding diaryl/α,β-unsaturated/α-hetero) is 2. The van der Waals surface area contributed by atoms with Gasteiger partial charge in [-0.05, 0) is 40.1 Å². The first-order valence-electron chi connectivity index (χ1n) is 10.0. The zero-order chi connectivity index (χ0) is 21.8.